The molecule has 3 N–H and O–H groups in total. The Morgan fingerprint density at radius 3 is 2.37 bits per heavy atom. The largest absolute Gasteiger partial charge is 0.465 e. The quantitative estimate of drug-likeness (QED) is 0.490. The summed E-state index contributed by atoms with van der Waals surface area (Å²) in [6, 6.07) is 7.04. The van der Waals surface area contributed by atoms with Gasteiger partial charge in [0.25, 0.3) is 0 Å². The van der Waals surface area contributed by atoms with Crippen molar-refractivity contribution in [3.05, 3.63) is 29.8 Å². The Morgan fingerprint density at radius 1 is 1.26 bits per heavy atom. The summed E-state index contributed by atoms with van der Waals surface area (Å²) in [4.78, 5) is 10.5. The zero-order valence-electron chi connectivity index (χ0n) is 15.6. The van der Waals surface area contributed by atoms with Gasteiger partial charge in [0.2, 0.25) is 10.0 Å². The van der Waals surface area contributed by atoms with Gasteiger partial charge in [-0.3, -0.25) is 0 Å². The first-order valence-electron chi connectivity index (χ1n) is 8.82. The summed E-state index contributed by atoms with van der Waals surface area (Å²) in [5.74, 6) is 0.0564. The number of nitrogens with one attached hydrogen (secondary N) is 1. The zero-order valence-corrected chi connectivity index (χ0v) is 16.4. The highest BCUT2D eigenvalue weighted by molar-refractivity contribution is 7.89. The Balaban J connectivity index is 2.95. The highest BCUT2D eigenvalue weighted by Crippen LogP contribution is 2.22. The van der Waals surface area contributed by atoms with E-state index in [4.69, 9.17) is 10.4 Å². The van der Waals surface area contributed by atoms with E-state index in [2.05, 4.69) is 5.32 Å². The maximum absolute atomic E-state index is 13.1. The number of hydrogen-bond donors (Lipinski definition) is 3. The van der Waals surface area contributed by atoms with E-state index in [9.17, 15) is 18.3 Å². The van der Waals surface area contributed by atoms with Crippen molar-refractivity contribution in [1.29, 1.82) is 5.26 Å². The first kappa shape index (κ1) is 22.9. The third-order valence-corrected chi connectivity index (χ3v) is 5.93. The van der Waals surface area contributed by atoms with Crippen LogP contribution in [0.5, 0.6) is 0 Å². The summed E-state index contributed by atoms with van der Waals surface area (Å²) < 4.78 is 27.5. The third kappa shape index (κ3) is 7.17. The molecular formula is C18H27N3O5S. The second kappa shape index (κ2) is 10.9. The van der Waals surface area contributed by atoms with Gasteiger partial charge in [-0.15, -0.1) is 0 Å². The van der Waals surface area contributed by atoms with Crippen molar-refractivity contribution in [2.24, 2.45) is 5.92 Å². The van der Waals surface area contributed by atoms with Gasteiger partial charge in [0.05, 0.1) is 23.1 Å². The van der Waals surface area contributed by atoms with Gasteiger partial charge >= 0.3 is 6.09 Å². The number of aliphatic hydroxyl groups is 1. The number of rotatable bonds is 11. The number of aliphatic hydroxyl groups excluding tert-OH is 1. The molecule has 0 saturated carbocycles. The van der Waals surface area contributed by atoms with Crippen LogP contribution in [0.25, 0.3) is 0 Å². The van der Waals surface area contributed by atoms with Crippen LogP contribution in [0.4, 0.5) is 4.79 Å². The summed E-state index contributed by atoms with van der Waals surface area (Å²) in [5.41, 5.74) is 0.369. The van der Waals surface area contributed by atoms with E-state index in [1.807, 2.05) is 19.9 Å². The van der Waals surface area contributed by atoms with E-state index in [0.717, 1.165) is 0 Å². The van der Waals surface area contributed by atoms with Crippen molar-refractivity contribution < 1.29 is 23.4 Å². The van der Waals surface area contributed by atoms with Crippen LogP contribution in [0.3, 0.4) is 0 Å². The molecule has 0 aromatic heterocycles. The van der Waals surface area contributed by atoms with E-state index >= 15 is 0 Å². The molecule has 1 aromatic rings. The number of benzene rings is 1. The molecule has 0 heterocycles. The van der Waals surface area contributed by atoms with Crippen molar-refractivity contribution in [2.45, 2.75) is 44.0 Å². The van der Waals surface area contributed by atoms with Crippen LogP contribution in [-0.2, 0) is 10.0 Å². The zero-order chi connectivity index (χ0) is 20.4. The van der Waals surface area contributed by atoms with E-state index in [-0.39, 0.29) is 30.5 Å². The average molecular weight is 397 g/mol. The van der Waals surface area contributed by atoms with Crippen LogP contribution in [0.1, 0.15) is 38.7 Å². The Hall–Kier alpha value is -2.15. The van der Waals surface area contributed by atoms with Crippen molar-refractivity contribution in [2.75, 3.05) is 19.7 Å². The molecular weight excluding hydrogens is 370 g/mol. The van der Waals surface area contributed by atoms with Crippen molar-refractivity contribution in [3.8, 4) is 6.07 Å². The Labute approximate surface area is 160 Å². The monoisotopic (exact) mass is 397 g/mol. The fourth-order valence-electron chi connectivity index (χ4n) is 2.67. The lowest BCUT2D eigenvalue weighted by Crippen LogP contribution is -2.44. The van der Waals surface area contributed by atoms with Gasteiger partial charge in [0.1, 0.15) is 0 Å². The van der Waals surface area contributed by atoms with Crippen LogP contribution in [0, 0.1) is 17.2 Å². The smallest absolute Gasteiger partial charge is 0.404 e. The Kier molecular flexibility index (Phi) is 9.21. The second-order valence-electron chi connectivity index (χ2n) is 6.67. The summed E-state index contributed by atoms with van der Waals surface area (Å²) >= 11 is 0. The van der Waals surface area contributed by atoms with Gasteiger partial charge in [-0.2, -0.15) is 9.57 Å². The molecule has 0 aliphatic carbocycles. The molecule has 150 valence electrons. The van der Waals surface area contributed by atoms with Crippen LogP contribution in [-0.4, -0.2) is 54.8 Å². The molecule has 8 nitrogen and oxygen atoms in total. The Morgan fingerprint density at radius 2 is 1.89 bits per heavy atom. The fourth-order valence-corrected chi connectivity index (χ4v) is 4.48. The highest BCUT2D eigenvalue weighted by Gasteiger charge is 2.31. The van der Waals surface area contributed by atoms with Gasteiger partial charge in [-0.05, 0) is 43.0 Å². The summed E-state index contributed by atoms with van der Waals surface area (Å²) in [6.07, 6.45) is 0.441. The molecule has 1 aromatic carbocycles. The minimum Gasteiger partial charge on any atom is -0.465 e. The molecule has 27 heavy (non-hydrogen) atoms. The average Bonchev–Trinajstić information content (AvgIpc) is 2.62. The van der Waals surface area contributed by atoms with E-state index in [0.29, 0.717) is 24.8 Å². The number of carbonyl (C=O) groups is 1. The second-order valence-corrected chi connectivity index (χ2v) is 8.56. The standard InChI is InChI=1S/C18H27N3O5S/c1-14(2)12-21(16(13-22)5-3-4-10-20-18(23)24)27(25,26)17-8-6-15(11-19)7-9-17/h6-9,14,16,20,22H,3-5,10,12-13H2,1-2H3,(H,23,24)/t16-/m0/s1. The SMILES string of the molecule is CC(C)CN([C@H](CO)CCCCNC(=O)O)S(=O)(=O)c1ccc(C#N)cc1. The molecule has 1 amide bonds. The lowest BCUT2D eigenvalue weighted by atomic mass is 10.1. The van der Waals surface area contributed by atoms with Crippen LogP contribution < -0.4 is 5.32 Å². The van der Waals surface area contributed by atoms with Crippen LogP contribution >= 0.6 is 0 Å². The first-order valence-corrected chi connectivity index (χ1v) is 10.3. The number of nitrogens with zero attached hydrogens (tertiary/aromatic N) is 2. The van der Waals surface area contributed by atoms with Crippen molar-refractivity contribution in [1.82, 2.24) is 9.62 Å². The molecule has 0 radical (unpaired) electrons. The van der Waals surface area contributed by atoms with Crippen LogP contribution in [0.15, 0.2) is 29.2 Å². The predicted octanol–water partition coefficient (Wildman–Crippen LogP) is 2.00. The van der Waals surface area contributed by atoms with E-state index < -0.39 is 22.2 Å². The van der Waals surface area contributed by atoms with Gasteiger partial charge < -0.3 is 15.5 Å². The Bertz CT molecular complexity index is 741. The fraction of sp³-hybridized carbons (Fsp3) is 0.556. The maximum Gasteiger partial charge on any atom is 0.404 e. The maximum atomic E-state index is 13.1. The minimum atomic E-state index is -3.83. The first-order chi connectivity index (χ1) is 12.7. The number of unbranched alkanes of at least 4 members (excludes halogenated alkanes) is 1. The van der Waals surface area contributed by atoms with E-state index in [1.165, 1.54) is 28.6 Å². The normalized spacial score (nSPS) is 12.7. The molecule has 9 heteroatoms. The van der Waals surface area contributed by atoms with Gasteiger partial charge in [0, 0.05) is 19.1 Å². The molecule has 0 aliphatic rings. The van der Waals surface area contributed by atoms with E-state index in [1.54, 1.807) is 0 Å². The molecule has 1 atom stereocenters. The lowest BCUT2D eigenvalue weighted by Gasteiger charge is -2.31. The number of nitriles is 1. The molecule has 0 spiro atoms. The van der Waals surface area contributed by atoms with Crippen molar-refractivity contribution >= 4 is 16.1 Å². The number of sulfonamides is 1. The molecule has 0 bridgehead atoms. The lowest BCUT2D eigenvalue weighted by molar-refractivity contribution is 0.167. The van der Waals surface area contributed by atoms with Crippen molar-refractivity contribution in [3.63, 3.8) is 0 Å². The third-order valence-electron chi connectivity index (χ3n) is 3.99. The summed E-state index contributed by atoms with van der Waals surface area (Å²) in [5, 5.41) is 29.5. The van der Waals surface area contributed by atoms with Gasteiger partial charge in [0.15, 0.2) is 0 Å². The molecule has 0 unspecified atom stereocenters. The molecule has 0 fully saturated rings. The predicted molar refractivity (Wildman–Crippen MR) is 101 cm³/mol. The number of hydrogen-bond acceptors (Lipinski definition) is 5. The topological polar surface area (TPSA) is 131 Å². The highest BCUT2D eigenvalue weighted by atomic mass is 32.2. The van der Waals surface area contributed by atoms with Gasteiger partial charge in [-0.25, -0.2) is 13.2 Å². The molecule has 0 aliphatic heterocycles. The summed E-state index contributed by atoms with van der Waals surface area (Å²) in [6.45, 7) is 3.99. The van der Waals surface area contributed by atoms with Crippen LogP contribution in [0.2, 0.25) is 0 Å². The summed E-state index contributed by atoms with van der Waals surface area (Å²) in [7, 11) is -3.83. The number of carboxylic acid groups (broad SMARTS) is 1. The molecule has 1 rings (SSSR count). The number of amides is 1. The molecule has 0 saturated heterocycles. The van der Waals surface area contributed by atoms with Gasteiger partial charge in [-0.1, -0.05) is 20.3 Å². The minimum absolute atomic E-state index is 0.0564.